The number of nitrogens with zero attached hydrogens (tertiary/aromatic N) is 2. The van der Waals surface area contributed by atoms with E-state index < -0.39 is 34.9 Å². The van der Waals surface area contributed by atoms with Gasteiger partial charge in [-0.1, -0.05) is 61.7 Å². The van der Waals surface area contributed by atoms with Crippen LogP contribution in [0.1, 0.15) is 50.2 Å². The lowest BCUT2D eigenvalue weighted by Gasteiger charge is -2.34. The highest BCUT2D eigenvalue weighted by molar-refractivity contribution is 6.30. The summed E-state index contributed by atoms with van der Waals surface area (Å²) in [6.45, 7) is 1.90. The molecule has 8 nitrogen and oxygen atoms in total. The van der Waals surface area contributed by atoms with Crippen LogP contribution < -0.4 is 16.4 Å². The molecule has 5 atom stereocenters. The zero-order valence-corrected chi connectivity index (χ0v) is 26.5. The smallest absolute Gasteiger partial charge is 0.322 e. The molecule has 1 saturated carbocycles. The Morgan fingerprint density at radius 1 is 1.07 bits per heavy atom. The van der Waals surface area contributed by atoms with Crippen LogP contribution in [0.15, 0.2) is 91.3 Å². The van der Waals surface area contributed by atoms with E-state index in [-0.39, 0.29) is 30.5 Å². The van der Waals surface area contributed by atoms with Gasteiger partial charge in [-0.3, -0.25) is 9.78 Å². The van der Waals surface area contributed by atoms with E-state index in [0.29, 0.717) is 28.6 Å². The molecule has 2 heterocycles. The van der Waals surface area contributed by atoms with Gasteiger partial charge in [0.1, 0.15) is 11.9 Å². The fourth-order valence-electron chi connectivity index (χ4n) is 6.78. The molecule has 0 radical (unpaired) electrons. The number of likely N-dealkylation sites (tertiary alicyclic amines) is 1. The summed E-state index contributed by atoms with van der Waals surface area (Å²) < 4.78 is 15.4. The molecule has 1 aliphatic heterocycles. The van der Waals surface area contributed by atoms with Crippen LogP contribution in [-0.2, 0) is 10.3 Å². The van der Waals surface area contributed by atoms with Crippen LogP contribution in [0.25, 0.3) is 0 Å². The Morgan fingerprint density at radius 3 is 2.48 bits per heavy atom. The van der Waals surface area contributed by atoms with Crippen LogP contribution in [0.3, 0.4) is 0 Å². The number of allylic oxidation sites excluding steroid dienone is 3. The minimum absolute atomic E-state index is 0.0198. The zero-order chi connectivity index (χ0) is 32.5. The van der Waals surface area contributed by atoms with Crippen molar-refractivity contribution in [2.45, 2.75) is 56.2 Å². The number of benzene rings is 2. The van der Waals surface area contributed by atoms with Crippen molar-refractivity contribution in [3.05, 3.63) is 113 Å². The van der Waals surface area contributed by atoms with E-state index in [4.69, 9.17) is 17.3 Å². The number of hydrogen-bond donors (Lipinski definition) is 4. The fraction of sp³-hybridized carbons (Fsp3) is 0.361. The van der Waals surface area contributed by atoms with Gasteiger partial charge in [0.15, 0.2) is 0 Å². The molecule has 10 heteroatoms. The molecule has 46 heavy (non-hydrogen) atoms. The zero-order valence-electron chi connectivity index (χ0n) is 25.7. The molecule has 0 spiro atoms. The summed E-state index contributed by atoms with van der Waals surface area (Å²) in [5, 5.41) is 18.0. The second-order valence-corrected chi connectivity index (χ2v) is 13.4. The van der Waals surface area contributed by atoms with E-state index in [2.05, 4.69) is 15.6 Å². The highest BCUT2D eigenvalue weighted by Gasteiger charge is 2.52. The molecule has 2 fully saturated rings. The number of rotatable bonds is 9. The first-order valence-corrected chi connectivity index (χ1v) is 16.1. The highest BCUT2D eigenvalue weighted by Crippen LogP contribution is 2.42. The van der Waals surface area contributed by atoms with Gasteiger partial charge < -0.3 is 26.4 Å². The number of amides is 3. The Morgan fingerprint density at radius 2 is 1.78 bits per heavy atom. The highest BCUT2D eigenvalue weighted by atomic mass is 35.5. The van der Waals surface area contributed by atoms with Crippen LogP contribution in [-0.4, -0.2) is 45.1 Å². The fourth-order valence-corrected chi connectivity index (χ4v) is 6.90. The van der Waals surface area contributed by atoms with Crippen molar-refractivity contribution in [2.24, 2.45) is 23.5 Å². The molecule has 3 unspecified atom stereocenters. The minimum Gasteiger partial charge on any atom is -0.387 e. The lowest BCUT2D eigenvalue weighted by Crippen LogP contribution is -2.46. The maximum absolute atomic E-state index is 15.4. The molecule has 3 amide bonds. The lowest BCUT2D eigenvalue weighted by atomic mass is 9.75. The van der Waals surface area contributed by atoms with Gasteiger partial charge in [-0.2, -0.15) is 0 Å². The maximum atomic E-state index is 15.4. The van der Waals surface area contributed by atoms with Crippen LogP contribution in [0, 0.1) is 23.6 Å². The predicted molar refractivity (Wildman–Crippen MR) is 178 cm³/mol. The van der Waals surface area contributed by atoms with Crippen molar-refractivity contribution in [1.82, 2.24) is 9.88 Å². The van der Waals surface area contributed by atoms with Crippen molar-refractivity contribution in [2.75, 3.05) is 17.2 Å². The Kier molecular flexibility index (Phi) is 9.01. The summed E-state index contributed by atoms with van der Waals surface area (Å²) in [5.74, 6) is -0.950. The number of carbonyl (C=O) groups is 2. The number of anilines is 2. The molecule has 6 rings (SSSR count). The van der Waals surface area contributed by atoms with Gasteiger partial charge in [0, 0.05) is 35.4 Å². The molecule has 2 aliphatic carbocycles. The Hall–Kier alpha value is -4.05. The van der Waals surface area contributed by atoms with Gasteiger partial charge in [0.2, 0.25) is 5.91 Å². The van der Waals surface area contributed by atoms with Crippen molar-refractivity contribution < 1.29 is 19.1 Å². The average Bonchev–Trinajstić information content (AvgIpc) is 3.82. The first-order valence-electron chi connectivity index (χ1n) is 15.8. The van der Waals surface area contributed by atoms with Crippen molar-refractivity contribution in [3.8, 4) is 0 Å². The SMILES string of the molecule is CC1C=CC=CC1[C@@]1(O)C[C@H](C(=O)Nc2cc(C(N)(CCC3CC3)c3ccncc3)ccc2F)N(C(=O)Nc2ccc(Cl)cc2)C1. The van der Waals surface area contributed by atoms with E-state index in [1.165, 1.54) is 23.8 Å². The number of hydrogen-bond acceptors (Lipinski definition) is 5. The van der Waals surface area contributed by atoms with Crippen LogP contribution in [0.4, 0.5) is 20.6 Å². The number of urea groups is 1. The van der Waals surface area contributed by atoms with E-state index in [0.717, 1.165) is 12.0 Å². The standard InChI is InChI=1S/C36H39ClFN5O3/c1-23-4-2-3-5-29(23)35(46)21-32(43(22-35)34(45)41-28-11-9-27(37)10-12-28)33(44)42-31-20-26(8-13-30(31)38)36(39,17-14-24-6-7-24)25-15-18-40-19-16-25/h2-5,8-13,15-16,18-20,23-24,29,32,46H,6-7,14,17,21-22,39H2,1H3,(H,41,45)(H,42,44)/t23?,29?,32-,35-,36?/m1/s1. The number of nitrogens with two attached hydrogens (primary N) is 1. The maximum Gasteiger partial charge on any atom is 0.322 e. The molecule has 3 aromatic rings. The number of carbonyl (C=O) groups excluding carboxylic acids is 2. The number of aromatic nitrogens is 1. The molecule has 0 bridgehead atoms. The van der Waals surface area contributed by atoms with Crippen LogP contribution >= 0.6 is 11.6 Å². The largest absolute Gasteiger partial charge is 0.387 e. The van der Waals surface area contributed by atoms with Crippen molar-refractivity contribution >= 4 is 34.9 Å². The first-order chi connectivity index (χ1) is 22.1. The molecule has 2 aromatic carbocycles. The Balaban J connectivity index is 1.28. The van der Waals surface area contributed by atoms with Crippen molar-refractivity contribution in [3.63, 3.8) is 0 Å². The monoisotopic (exact) mass is 643 g/mol. The van der Waals surface area contributed by atoms with Gasteiger partial charge in [0.05, 0.1) is 23.4 Å². The minimum atomic E-state index is -1.39. The topological polar surface area (TPSA) is 121 Å². The summed E-state index contributed by atoms with van der Waals surface area (Å²) in [4.78, 5) is 33.1. The van der Waals surface area contributed by atoms with E-state index in [9.17, 15) is 14.7 Å². The molecule has 240 valence electrons. The van der Waals surface area contributed by atoms with E-state index >= 15 is 4.39 Å². The third-order valence-electron chi connectivity index (χ3n) is 9.64. The number of aliphatic hydroxyl groups is 1. The van der Waals surface area contributed by atoms with E-state index in [1.54, 1.807) is 48.8 Å². The molecule has 1 saturated heterocycles. The van der Waals surface area contributed by atoms with Gasteiger partial charge in [-0.15, -0.1) is 0 Å². The molecule has 1 aromatic heterocycles. The quantitative estimate of drug-likeness (QED) is 0.209. The number of halogens is 2. The predicted octanol–water partition coefficient (Wildman–Crippen LogP) is 6.62. The molecule has 3 aliphatic rings. The summed E-state index contributed by atoms with van der Waals surface area (Å²) in [5.41, 5.74) is 6.72. The third kappa shape index (κ3) is 6.72. The molecule has 5 N–H and O–H groups in total. The number of nitrogens with one attached hydrogen (secondary N) is 2. The lowest BCUT2D eigenvalue weighted by molar-refractivity contribution is -0.119. The summed E-state index contributed by atoms with van der Waals surface area (Å²) in [6, 6.07) is 13.2. The van der Waals surface area contributed by atoms with Crippen LogP contribution in [0.2, 0.25) is 5.02 Å². The number of pyridine rings is 1. The molecular weight excluding hydrogens is 605 g/mol. The van der Waals surface area contributed by atoms with E-state index in [1.807, 2.05) is 43.4 Å². The Bertz CT molecular complexity index is 1650. The van der Waals surface area contributed by atoms with Gasteiger partial charge in [-0.05, 0) is 84.3 Å². The normalized spacial score (nSPS) is 25.2. The van der Waals surface area contributed by atoms with Gasteiger partial charge in [-0.25, -0.2) is 9.18 Å². The summed E-state index contributed by atoms with van der Waals surface area (Å²) in [7, 11) is 0. The second kappa shape index (κ2) is 13.0. The molecular formula is C36H39ClFN5O3. The first kappa shape index (κ1) is 31.9. The van der Waals surface area contributed by atoms with Gasteiger partial charge in [0.25, 0.3) is 0 Å². The number of β-amino-alcohol motifs (C(OH)–C–C–N with tert-alkyl or cyclic N) is 1. The summed E-state index contributed by atoms with van der Waals surface area (Å²) in [6.07, 6.45) is 14.9. The Labute approximate surface area is 273 Å². The van der Waals surface area contributed by atoms with Crippen molar-refractivity contribution in [1.29, 1.82) is 0 Å². The average molecular weight is 644 g/mol. The summed E-state index contributed by atoms with van der Waals surface area (Å²) >= 11 is 6.01. The van der Waals surface area contributed by atoms with Gasteiger partial charge >= 0.3 is 6.03 Å². The second-order valence-electron chi connectivity index (χ2n) is 12.9. The van der Waals surface area contributed by atoms with Crippen LogP contribution in [0.5, 0.6) is 0 Å². The third-order valence-corrected chi connectivity index (χ3v) is 9.89.